The van der Waals surface area contributed by atoms with Crippen LogP contribution < -0.4 is 5.32 Å². The molecule has 1 aromatic rings. The van der Waals surface area contributed by atoms with E-state index in [0.29, 0.717) is 5.56 Å². The molecular weight excluding hydrogens is 348 g/mol. The number of thiophene rings is 1. The molecule has 0 bridgehead atoms. The highest BCUT2D eigenvalue weighted by Gasteiger charge is 2.34. The lowest BCUT2D eigenvalue weighted by atomic mass is 10.1. The first-order valence-corrected chi connectivity index (χ1v) is 9.06. The molecule has 1 N–H and O–H groups in total. The summed E-state index contributed by atoms with van der Waals surface area (Å²) in [6.45, 7) is 3.31. The maximum absolute atomic E-state index is 12.9. The van der Waals surface area contributed by atoms with Crippen LogP contribution in [0.5, 0.6) is 0 Å². The van der Waals surface area contributed by atoms with Gasteiger partial charge in [-0.05, 0) is 43.8 Å². The minimum absolute atomic E-state index is 0. The van der Waals surface area contributed by atoms with Crippen LogP contribution in [0.3, 0.4) is 0 Å². The Morgan fingerprint density at radius 2 is 2.00 bits per heavy atom. The van der Waals surface area contributed by atoms with E-state index in [2.05, 4.69) is 10.1 Å². The second-order valence-corrected chi connectivity index (χ2v) is 7.88. The van der Waals surface area contributed by atoms with Gasteiger partial charge < -0.3 is 10.1 Å². The largest absolute Gasteiger partial charge is 0.465 e. The summed E-state index contributed by atoms with van der Waals surface area (Å²) in [4.78, 5) is 12.0. The van der Waals surface area contributed by atoms with Crippen LogP contribution in [0.15, 0.2) is 10.3 Å². The maximum atomic E-state index is 12.9. The molecule has 9 heteroatoms. The van der Waals surface area contributed by atoms with E-state index in [1.807, 2.05) is 0 Å². The molecule has 0 aromatic carbocycles. The lowest BCUT2D eigenvalue weighted by Gasteiger charge is -2.31. The van der Waals surface area contributed by atoms with Gasteiger partial charge >= 0.3 is 5.97 Å². The molecule has 22 heavy (non-hydrogen) atoms. The highest BCUT2D eigenvalue weighted by atomic mass is 35.5. The number of methoxy groups -OCH3 is 1. The summed E-state index contributed by atoms with van der Waals surface area (Å²) in [5.41, 5.74) is 0.584. The minimum Gasteiger partial charge on any atom is -0.465 e. The third kappa shape index (κ3) is 3.62. The van der Waals surface area contributed by atoms with Crippen molar-refractivity contribution in [3.05, 3.63) is 15.8 Å². The van der Waals surface area contributed by atoms with Crippen LogP contribution in [0, 0.1) is 6.92 Å². The SMILES string of the molecule is COC(=O)c1scc(C)c1S(=O)(=O)N(C)C1CCNCC1.Cl. The molecule has 1 saturated heterocycles. The van der Waals surface area contributed by atoms with Crippen LogP contribution in [0.4, 0.5) is 0 Å². The molecule has 2 heterocycles. The van der Waals surface area contributed by atoms with Crippen molar-refractivity contribution in [1.29, 1.82) is 0 Å². The number of esters is 1. The second kappa shape index (κ2) is 7.74. The van der Waals surface area contributed by atoms with Crippen LogP contribution in [0.25, 0.3) is 0 Å². The van der Waals surface area contributed by atoms with Crippen molar-refractivity contribution < 1.29 is 17.9 Å². The molecule has 0 aliphatic carbocycles. The Balaban J connectivity index is 0.00000242. The van der Waals surface area contributed by atoms with Gasteiger partial charge in [0, 0.05) is 13.1 Å². The van der Waals surface area contributed by atoms with Gasteiger partial charge in [-0.3, -0.25) is 0 Å². The van der Waals surface area contributed by atoms with Gasteiger partial charge in [-0.2, -0.15) is 4.31 Å². The van der Waals surface area contributed by atoms with Crippen LogP contribution in [0.1, 0.15) is 28.1 Å². The van der Waals surface area contributed by atoms with Crippen molar-refractivity contribution in [2.24, 2.45) is 0 Å². The second-order valence-electron chi connectivity index (χ2n) is 5.07. The van der Waals surface area contributed by atoms with E-state index < -0.39 is 16.0 Å². The summed E-state index contributed by atoms with van der Waals surface area (Å²) in [5, 5.41) is 4.89. The number of hydrogen-bond donors (Lipinski definition) is 1. The fourth-order valence-electron chi connectivity index (χ4n) is 2.50. The molecule has 1 fully saturated rings. The molecule has 2 rings (SSSR count). The van der Waals surface area contributed by atoms with Gasteiger partial charge in [-0.15, -0.1) is 23.7 Å². The average molecular weight is 369 g/mol. The molecule has 126 valence electrons. The van der Waals surface area contributed by atoms with E-state index in [4.69, 9.17) is 0 Å². The average Bonchev–Trinajstić information content (AvgIpc) is 2.89. The fourth-order valence-corrected chi connectivity index (χ4v) is 5.57. The highest BCUT2D eigenvalue weighted by Crippen LogP contribution is 2.31. The van der Waals surface area contributed by atoms with E-state index in [1.165, 1.54) is 11.4 Å². The number of aryl methyl sites for hydroxylation is 1. The van der Waals surface area contributed by atoms with Crippen molar-refractivity contribution in [2.75, 3.05) is 27.2 Å². The number of nitrogens with zero attached hydrogens (tertiary/aromatic N) is 1. The van der Waals surface area contributed by atoms with E-state index in [-0.39, 0.29) is 28.2 Å². The smallest absolute Gasteiger partial charge is 0.349 e. The number of sulfonamides is 1. The number of ether oxygens (including phenoxy) is 1. The summed E-state index contributed by atoms with van der Waals surface area (Å²) in [6.07, 6.45) is 1.54. The Morgan fingerprint density at radius 3 is 2.55 bits per heavy atom. The predicted octanol–water partition coefficient (Wildman–Crippen LogP) is 1.64. The Bertz CT molecular complexity index is 624. The number of halogens is 1. The first-order valence-electron chi connectivity index (χ1n) is 6.74. The topological polar surface area (TPSA) is 75.7 Å². The summed E-state index contributed by atoms with van der Waals surface area (Å²) < 4.78 is 31.8. The molecular formula is C13H21ClN2O4S2. The van der Waals surface area contributed by atoms with E-state index >= 15 is 0 Å². The molecule has 0 saturated carbocycles. The van der Waals surface area contributed by atoms with Gasteiger partial charge in [0.15, 0.2) is 0 Å². The zero-order valence-electron chi connectivity index (χ0n) is 12.8. The Hall–Kier alpha value is -0.670. The molecule has 0 unspecified atom stereocenters. The van der Waals surface area contributed by atoms with Gasteiger partial charge in [0.05, 0.1) is 7.11 Å². The van der Waals surface area contributed by atoms with Gasteiger partial charge in [-0.1, -0.05) is 0 Å². The van der Waals surface area contributed by atoms with Crippen molar-refractivity contribution >= 4 is 39.7 Å². The third-order valence-electron chi connectivity index (χ3n) is 3.75. The number of piperidine rings is 1. The monoisotopic (exact) mass is 368 g/mol. The summed E-state index contributed by atoms with van der Waals surface area (Å²) in [6, 6.07) is -0.0407. The fraction of sp³-hybridized carbons (Fsp3) is 0.615. The number of rotatable bonds is 4. The van der Waals surface area contributed by atoms with Crippen molar-refractivity contribution in [2.45, 2.75) is 30.7 Å². The van der Waals surface area contributed by atoms with Crippen LogP contribution >= 0.6 is 23.7 Å². The molecule has 0 atom stereocenters. The number of hydrogen-bond acceptors (Lipinski definition) is 6. The van der Waals surface area contributed by atoms with E-state index in [0.717, 1.165) is 37.3 Å². The summed E-state index contributed by atoms with van der Waals surface area (Å²) in [7, 11) is -0.856. The van der Waals surface area contributed by atoms with E-state index in [9.17, 15) is 13.2 Å². The normalized spacial score (nSPS) is 16.4. The van der Waals surface area contributed by atoms with Crippen molar-refractivity contribution in [3.8, 4) is 0 Å². The maximum Gasteiger partial charge on any atom is 0.349 e. The quantitative estimate of drug-likeness (QED) is 0.817. The molecule has 0 spiro atoms. The number of carbonyl (C=O) groups is 1. The third-order valence-corrected chi connectivity index (χ3v) is 7.05. The lowest BCUT2D eigenvalue weighted by molar-refractivity contribution is 0.0602. The van der Waals surface area contributed by atoms with Crippen LogP contribution in [-0.2, 0) is 14.8 Å². The van der Waals surface area contributed by atoms with Crippen LogP contribution in [0.2, 0.25) is 0 Å². The Labute approximate surface area is 141 Å². The predicted molar refractivity (Wildman–Crippen MR) is 88.5 cm³/mol. The standard InChI is InChI=1S/C13H20N2O4S2.ClH/c1-9-8-20-11(13(16)19-3)12(9)21(17,18)15(2)10-4-6-14-7-5-10;/h8,10,14H,4-7H2,1-3H3;1H. The zero-order valence-corrected chi connectivity index (χ0v) is 15.2. The molecule has 1 aliphatic rings. The first-order chi connectivity index (χ1) is 9.89. The molecule has 1 aromatic heterocycles. The van der Waals surface area contributed by atoms with Gasteiger partial charge in [0.1, 0.15) is 9.77 Å². The minimum atomic E-state index is -3.70. The van der Waals surface area contributed by atoms with Gasteiger partial charge in [-0.25, -0.2) is 13.2 Å². The summed E-state index contributed by atoms with van der Waals surface area (Å²) in [5.74, 6) is -0.606. The Morgan fingerprint density at radius 1 is 1.41 bits per heavy atom. The van der Waals surface area contributed by atoms with E-state index in [1.54, 1.807) is 19.4 Å². The number of carbonyl (C=O) groups excluding carboxylic acids is 1. The summed E-state index contributed by atoms with van der Waals surface area (Å²) >= 11 is 1.11. The Kier molecular flexibility index (Phi) is 6.82. The highest BCUT2D eigenvalue weighted by molar-refractivity contribution is 7.89. The van der Waals surface area contributed by atoms with Crippen molar-refractivity contribution in [3.63, 3.8) is 0 Å². The lowest BCUT2D eigenvalue weighted by Crippen LogP contribution is -2.44. The van der Waals surface area contributed by atoms with Crippen LogP contribution in [-0.4, -0.2) is 52.0 Å². The van der Waals surface area contributed by atoms with Crippen molar-refractivity contribution in [1.82, 2.24) is 9.62 Å². The van der Waals surface area contributed by atoms with Gasteiger partial charge in [0.2, 0.25) is 10.0 Å². The first kappa shape index (κ1) is 19.4. The molecule has 0 amide bonds. The van der Waals surface area contributed by atoms with Gasteiger partial charge in [0.25, 0.3) is 0 Å². The molecule has 1 aliphatic heterocycles. The molecule has 6 nitrogen and oxygen atoms in total. The zero-order chi connectivity index (χ0) is 15.6. The number of nitrogens with one attached hydrogen (secondary N) is 1. The molecule has 0 radical (unpaired) electrons.